The lowest BCUT2D eigenvalue weighted by Crippen LogP contribution is -2.31. The molecule has 0 saturated carbocycles. The Labute approximate surface area is 104 Å². The summed E-state index contributed by atoms with van der Waals surface area (Å²) in [5, 5.41) is 0. The van der Waals surface area contributed by atoms with Crippen molar-refractivity contribution in [3.63, 3.8) is 0 Å². The molecule has 92 valence electrons. The molecule has 0 fully saturated rings. The summed E-state index contributed by atoms with van der Waals surface area (Å²) < 4.78 is 0. The average molecular weight is 231 g/mol. The molecular formula is C15H21NO. The van der Waals surface area contributed by atoms with Gasteiger partial charge in [0.2, 0.25) is 0 Å². The Kier molecular flexibility index (Phi) is 4.24. The molecule has 0 heterocycles. The molecule has 0 radical (unpaired) electrons. The number of allylic oxidation sites excluding steroid dienone is 1. The standard InChI is InChI=1S/C15H21NO/c1-5-11(14(17)6-2)12-9-7-8-10-13(12)15(3,4)16/h6-11H,2,5,16H2,1,3-4H3. The van der Waals surface area contributed by atoms with Crippen molar-refractivity contribution in [2.24, 2.45) is 5.73 Å². The number of rotatable bonds is 5. The van der Waals surface area contributed by atoms with E-state index in [1.807, 2.05) is 45.0 Å². The smallest absolute Gasteiger partial charge is 0.162 e. The molecule has 0 amide bonds. The molecule has 0 aliphatic carbocycles. The molecule has 0 spiro atoms. The second kappa shape index (κ2) is 5.28. The van der Waals surface area contributed by atoms with Gasteiger partial charge in [0.05, 0.1) is 0 Å². The highest BCUT2D eigenvalue weighted by Crippen LogP contribution is 2.30. The summed E-state index contributed by atoms with van der Waals surface area (Å²) >= 11 is 0. The summed E-state index contributed by atoms with van der Waals surface area (Å²) in [6.45, 7) is 9.48. The van der Waals surface area contributed by atoms with E-state index in [-0.39, 0.29) is 11.7 Å². The third kappa shape index (κ3) is 3.04. The van der Waals surface area contributed by atoms with Crippen LogP contribution in [0.25, 0.3) is 0 Å². The first kappa shape index (κ1) is 13.7. The van der Waals surface area contributed by atoms with Gasteiger partial charge in [0.1, 0.15) is 0 Å². The molecule has 0 aliphatic heterocycles. The molecule has 17 heavy (non-hydrogen) atoms. The highest BCUT2D eigenvalue weighted by molar-refractivity contribution is 5.95. The number of carbonyl (C=O) groups excluding carboxylic acids is 1. The monoisotopic (exact) mass is 231 g/mol. The lowest BCUT2D eigenvalue weighted by Gasteiger charge is -2.26. The van der Waals surface area contributed by atoms with Crippen LogP contribution in [0.1, 0.15) is 44.2 Å². The Balaban J connectivity index is 3.29. The van der Waals surface area contributed by atoms with Crippen molar-refractivity contribution in [2.45, 2.75) is 38.6 Å². The van der Waals surface area contributed by atoms with Gasteiger partial charge in [0.15, 0.2) is 5.78 Å². The zero-order valence-electron chi connectivity index (χ0n) is 10.9. The first-order valence-corrected chi connectivity index (χ1v) is 5.96. The minimum atomic E-state index is -0.439. The first-order valence-electron chi connectivity index (χ1n) is 5.96. The van der Waals surface area contributed by atoms with Crippen molar-refractivity contribution in [3.05, 3.63) is 48.0 Å². The fourth-order valence-electron chi connectivity index (χ4n) is 2.10. The summed E-state index contributed by atoms with van der Waals surface area (Å²) in [4.78, 5) is 11.9. The first-order chi connectivity index (χ1) is 7.91. The number of nitrogens with two attached hydrogens (primary N) is 1. The summed E-state index contributed by atoms with van der Waals surface area (Å²) in [5.41, 5.74) is 7.77. The van der Waals surface area contributed by atoms with E-state index in [4.69, 9.17) is 5.73 Å². The van der Waals surface area contributed by atoms with Crippen LogP contribution in [0.3, 0.4) is 0 Å². The van der Waals surface area contributed by atoms with E-state index in [0.29, 0.717) is 0 Å². The van der Waals surface area contributed by atoms with Crippen LogP contribution >= 0.6 is 0 Å². The molecule has 1 atom stereocenters. The lowest BCUT2D eigenvalue weighted by molar-refractivity contribution is -0.116. The van der Waals surface area contributed by atoms with Crippen molar-refractivity contribution >= 4 is 5.78 Å². The fraction of sp³-hybridized carbons (Fsp3) is 0.400. The molecule has 1 aromatic rings. The van der Waals surface area contributed by atoms with Gasteiger partial charge in [-0.2, -0.15) is 0 Å². The van der Waals surface area contributed by atoms with E-state index in [1.165, 1.54) is 6.08 Å². The Bertz CT molecular complexity index is 415. The van der Waals surface area contributed by atoms with Crippen LogP contribution in [-0.2, 0) is 10.3 Å². The van der Waals surface area contributed by atoms with Gasteiger partial charge in [-0.1, -0.05) is 37.8 Å². The van der Waals surface area contributed by atoms with Gasteiger partial charge in [-0.05, 0) is 37.5 Å². The largest absolute Gasteiger partial charge is 0.322 e. The van der Waals surface area contributed by atoms with E-state index in [1.54, 1.807) is 0 Å². The second-order valence-electron chi connectivity index (χ2n) is 4.88. The molecular weight excluding hydrogens is 210 g/mol. The molecule has 0 bridgehead atoms. The molecule has 2 N–H and O–H groups in total. The Hall–Kier alpha value is -1.41. The highest BCUT2D eigenvalue weighted by atomic mass is 16.1. The van der Waals surface area contributed by atoms with Crippen LogP contribution in [-0.4, -0.2) is 5.78 Å². The van der Waals surface area contributed by atoms with E-state index >= 15 is 0 Å². The van der Waals surface area contributed by atoms with Crippen LogP contribution < -0.4 is 5.73 Å². The number of hydrogen-bond acceptors (Lipinski definition) is 2. The summed E-state index contributed by atoms with van der Waals surface area (Å²) in [6, 6.07) is 7.88. The van der Waals surface area contributed by atoms with Gasteiger partial charge >= 0.3 is 0 Å². The summed E-state index contributed by atoms with van der Waals surface area (Å²) in [5.74, 6) is -0.0734. The van der Waals surface area contributed by atoms with Gasteiger partial charge < -0.3 is 5.73 Å². The third-order valence-electron chi connectivity index (χ3n) is 2.98. The molecule has 2 nitrogen and oxygen atoms in total. The fourth-order valence-corrected chi connectivity index (χ4v) is 2.10. The lowest BCUT2D eigenvalue weighted by atomic mass is 9.82. The van der Waals surface area contributed by atoms with Gasteiger partial charge in [-0.25, -0.2) is 0 Å². The van der Waals surface area contributed by atoms with Crippen LogP contribution in [0.15, 0.2) is 36.9 Å². The number of carbonyl (C=O) groups is 1. The Morgan fingerprint density at radius 3 is 2.53 bits per heavy atom. The average Bonchev–Trinajstić information content (AvgIpc) is 2.29. The quantitative estimate of drug-likeness (QED) is 0.791. The maximum atomic E-state index is 11.9. The third-order valence-corrected chi connectivity index (χ3v) is 2.98. The maximum Gasteiger partial charge on any atom is 0.162 e. The molecule has 1 aromatic carbocycles. The maximum absolute atomic E-state index is 11.9. The molecule has 1 rings (SSSR count). The van der Waals surface area contributed by atoms with Gasteiger partial charge in [-0.15, -0.1) is 0 Å². The molecule has 0 aromatic heterocycles. The van der Waals surface area contributed by atoms with Gasteiger partial charge in [0, 0.05) is 11.5 Å². The van der Waals surface area contributed by atoms with Crippen LogP contribution in [0.4, 0.5) is 0 Å². The number of benzene rings is 1. The van der Waals surface area contributed by atoms with Crippen LogP contribution in [0.5, 0.6) is 0 Å². The van der Waals surface area contributed by atoms with E-state index in [2.05, 4.69) is 6.58 Å². The minimum absolute atomic E-state index is 0.0594. The van der Waals surface area contributed by atoms with Crippen molar-refractivity contribution in [3.8, 4) is 0 Å². The Morgan fingerprint density at radius 2 is 2.06 bits per heavy atom. The van der Waals surface area contributed by atoms with Crippen LogP contribution in [0.2, 0.25) is 0 Å². The van der Waals surface area contributed by atoms with E-state index in [0.717, 1.165) is 17.5 Å². The molecule has 0 aliphatic rings. The second-order valence-corrected chi connectivity index (χ2v) is 4.88. The van der Waals surface area contributed by atoms with Crippen molar-refractivity contribution < 1.29 is 4.79 Å². The highest BCUT2D eigenvalue weighted by Gasteiger charge is 2.24. The van der Waals surface area contributed by atoms with Crippen molar-refractivity contribution in [2.75, 3.05) is 0 Å². The topological polar surface area (TPSA) is 43.1 Å². The molecule has 0 saturated heterocycles. The summed E-state index contributed by atoms with van der Waals surface area (Å²) in [6.07, 6.45) is 2.16. The normalized spacial score (nSPS) is 13.2. The van der Waals surface area contributed by atoms with Crippen LogP contribution in [0, 0.1) is 0 Å². The predicted molar refractivity (Wildman–Crippen MR) is 71.9 cm³/mol. The molecule has 1 unspecified atom stereocenters. The summed E-state index contributed by atoms with van der Waals surface area (Å²) in [7, 11) is 0. The number of ketones is 1. The van der Waals surface area contributed by atoms with E-state index < -0.39 is 5.54 Å². The zero-order valence-corrected chi connectivity index (χ0v) is 10.9. The zero-order chi connectivity index (χ0) is 13.1. The van der Waals surface area contributed by atoms with Gasteiger partial charge in [-0.3, -0.25) is 4.79 Å². The van der Waals surface area contributed by atoms with E-state index in [9.17, 15) is 4.79 Å². The molecule has 2 heteroatoms. The number of hydrogen-bond donors (Lipinski definition) is 1. The SMILES string of the molecule is C=CC(=O)C(CC)c1ccccc1C(C)(C)N. The Morgan fingerprint density at radius 1 is 1.47 bits per heavy atom. The minimum Gasteiger partial charge on any atom is -0.322 e. The van der Waals surface area contributed by atoms with Crippen molar-refractivity contribution in [1.82, 2.24) is 0 Å². The van der Waals surface area contributed by atoms with Gasteiger partial charge in [0.25, 0.3) is 0 Å². The predicted octanol–water partition coefficient (Wildman–Crippen LogP) is 3.13. The van der Waals surface area contributed by atoms with Crippen molar-refractivity contribution in [1.29, 1.82) is 0 Å².